The van der Waals surface area contributed by atoms with Crippen LogP contribution in [0.5, 0.6) is 5.75 Å². The van der Waals surface area contributed by atoms with Crippen LogP contribution in [0.1, 0.15) is 17.3 Å². The molecule has 0 spiro atoms. The molecule has 128 valence electrons. The molecular weight excluding hydrogens is 328 g/mol. The van der Waals surface area contributed by atoms with Gasteiger partial charge in [0.1, 0.15) is 12.4 Å². The molecule has 0 unspecified atom stereocenters. The van der Waals surface area contributed by atoms with Crippen LogP contribution in [0.25, 0.3) is 11.1 Å². The Labute approximate surface area is 147 Å². The van der Waals surface area contributed by atoms with Crippen molar-refractivity contribution >= 4 is 16.8 Å². The second-order valence-electron chi connectivity index (χ2n) is 5.03. The third-order valence-electron chi connectivity index (χ3n) is 3.37. The summed E-state index contributed by atoms with van der Waals surface area (Å²) in [6.07, 6.45) is 0. The molecule has 0 atom stereocenters. The van der Waals surface area contributed by atoms with Gasteiger partial charge in [-0.2, -0.15) is 0 Å². The smallest absolute Gasteiger partial charge is 0.252 e. The summed E-state index contributed by atoms with van der Waals surface area (Å²) in [5.41, 5.74) is 2.55. The molecule has 4 nitrogen and oxygen atoms in total. The molecule has 0 bridgehead atoms. The van der Waals surface area contributed by atoms with Crippen LogP contribution in [0.3, 0.4) is 0 Å². The maximum Gasteiger partial charge on any atom is 0.252 e. The molecule has 0 saturated carbocycles. The van der Waals surface area contributed by atoms with E-state index in [4.69, 9.17) is 25.8 Å². The second-order valence-corrected chi connectivity index (χ2v) is 5.38. The summed E-state index contributed by atoms with van der Waals surface area (Å²) in [4.78, 5) is 11.1. The van der Waals surface area contributed by atoms with E-state index in [2.05, 4.69) is 0 Å². The molecule has 0 fully saturated rings. The highest BCUT2D eigenvalue weighted by Gasteiger charge is 2.03. The summed E-state index contributed by atoms with van der Waals surface area (Å²) in [5, 5.41) is -0.450. The second kappa shape index (κ2) is 10.1. The zero-order chi connectivity index (χ0) is 17.2. The maximum atomic E-state index is 11.1. The third kappa shape index (κ3) is 5.96. The fraction of sp³-hybridized carbons (Fsp3) is 0.316. The van der Waals surface area contributed by atoms with Gasteiger partial charge in [-0.3, -0.25) is 4.79 Å². The number of halogens is 1. The Kier molecular flexibility index (Phi) is 7.75. The number of hydrogen-bond donors (Lipinski definition) is 0. The van der Waals surface area contributed by atoms with Gasteiger partial charge in [0.05, 0.1) is 19.8 Å². The van der Waals surface area contributed by atoms with Gasteiger partial charge < -0.3 is 14.2 Å². The van der Waals surface area contributed by atoms with Crippen LogP contribution in [-0.4, -0.2) is 38.3 Å². The zero-order valence-corrected chi connectivity index (χ0v) is 14.4. The molecule has 0 aliphatic rings. The van der Waals surface area contributed by atoms with E-state index in [-0.39, 0.29) is 0 Å². The van der Waals surface area contributed by atoms with E-state index in [0.717, 1.165) is 16.9 Å². The van der Waals surface area contributed by atoms with Crippen LogP contribution in [0, 0.1) is 0 Å². The van der Waals surface area contributed by atoms with E-state index in [1.54, 1.807) is 12.1 Å². The van der Waals surface area contributed by atoms with Crippen LogP contribution >= 0.6 is 11.6 Å². The average molecular weight is 349 g/mol. The highest BCUT2D eigenvalue weighted by molar-refractivity contribution is 6.67. The minimum Gasteiger partial charge on any atom is -0.491 e. The van der Waals surface area contributed by atoms with E-state index in [1.807, 2.05) is 43.3 Å². The topological polar surface area (TPSA) is 44.8 Å². The molecule has 0 saturated heterocycles. The van der Waals surface area contributed by atoms with Gasteiger partial charge in [0.15, 0.2) is 0 Å². The Bertz CT molecular complexity index is 623. The van der Waals surface area contributed by atoms with Crippen molar-refractivity contribution in [2.24, 2.45) is 0 Å². The number of hydrogen-bond acceptors (Lipinski definition) is 4. The molecule has 0 radical (unpaired) electrons. The predicted molar refractivity (Wildman–Crippen MR) is 94.9 cm³/mol. The molecule has 0 aliphatic heterocycles. The molecule has 5 heteroatoms. The molecule has 2 rings (SSSR count). The highest BCUT2D eigenvalue weighted by Crippen LogP contribution is 2.23. The lowest BCUT2D eigenvalue weighted by molar-refractivity contribution is 0.0405. The van der Waals surface area contributed by atoms with E-state index >= 15 is 0 Å². The molecule has 0 N–H and O–H groups in total. The first kappa shape index (κ1) is 18.5. The van der Waals surface area contributed by atoms with Crippen molar-refractivity contribution in [3.63, 3.8) is 0 Å². The van der Waals surface area contributed by atoms with Crippen molar-refractivity contribution < 1.29 is 19.0 Å². The molecule has 0 aromatic heterocycles. The number of benzene rings is 2. The van der Waals surface area contributed by atoms with Gasteiger partial charge in [0.2, 0.25) is 0 Å². The summed E-state index contributed by atoms with van der Waals surface area (Å²) in [6.45, 7) is 4.88. The first-order valence-electron chi connectivity index (χ1n) is 7.89. The lowest BCUT2D eigenvalue weighted by Gasteiger charge is -2.08. The molecule has 2 aromatic rings. The van der Waals surface area contributed by atoms with Crippen molar-refractivity contribution in [1.82, 2.24) is 0 Å². The monoisotopic (exact) mass is 348 g/mol. The van der Waals surface area contributed by atoms with Gasteiger partial charge in [-0.15, -0.1) is 0 Å². The lowest BCUT2D eigenvalue weighted by atomic mass is 10.0. The van der Waals surface area contributed by atoms with Crippen LogP contribution in [0.4, 0.5) is 0 Å². The Balaban J connectivity index is 1.79. The summed E-state index contributed by atoms with van der Waals surface area (Å²) in [6, 6.07) is 15.0. The van der Waals surface area contributed by atoms with Crippen molar-refractivity contribution in [2.45, 2.75) is 6.92 Å². The number of rotatable bonds is 10. The maximum absolute atomic E-state index is 11.1. The Hall–Kier alpha value is -1.88. The van der Waals surface area contributed by atoms with Gasteiger partial charge in [-0.25, -0.2) is 0 Å². The summed E-state index contributed by atoms with van der Waals surface area (Å²) >= 11 is 5.45. The summed E-state index contributed by atoms with van der Waals surface area (Å²) in [5.74, 6) is 0.791. The average Bonchev–Trinajstić information content (AvgIpc) is 2.61. The highest BCUT2D eigenvalue weighted by atomic mass is 35.5. The Morgan fingerprint density at radius 3 is 1.96 bits per heavy atom. The van der Waals surface area contributed by atoms with Crippen molar-refractivity contribution in [1.29, 1.82) is 0 Å². The van der Waals surface area contributed by atoms with Crippen LogP contribution in [-0.2, 0) is 9.47 Å². The molecular formula is C19H21ClO4. The van der Waals surface area contributed by atoms with E-state index in [0.29, 0.717) is 38.6 Å². The van der Waals surface area contributed by atoms with Crippen molar-refractivity contribution in [3.05, 3.63) is 54.1 Å². The Morgan fingerprint density at radius 1 is 0.833 bits per heavy atom. The zero-order valence-electron chi connectivity index (χ0n) is 13.7. The minimum atomic E-state index is -0.450. The number of carbonyl (C=O) groups is 1. The van der Waals surface area contributed by atoms with Crippen LogP contribution in [0.2, 0.25) is 0 Å². The fourth-order valence-electron chi connectivity index (χ4n) is 2.12. The quantitative estimate of drug-likeness (QED) is 0.477. The fourth-order valence-corrected chi connectivity index (χ4v) is 2.25. The van der Waals surface area contributed by atoms with Gasteiger partial charge in [0, 0.05) is 12.2 Å². The van der Waals surface area contributed by atoms with Crippen molar-refractivity contribution in [3.8, 4) is 16.9 Å². The van der Waals surface area contributed by atoms with Gasteiger partial charge in [-0.1, -0.05) is 24.3 Å². The predicted octanol–water partition coefficient (Wildman–Crippen LogP) is 4.16. The van der Waals surface area contributed by atoms with Crippen LogP contribution in [0.15, 0.2) is 48.5 Å². The van der Waals surface area contributed by atoms with Crippen molar-refractivity contribution in [2.75, 3.05) is 33.0 Å². The normalized spacial score (nSPS) is 10.6. The van der Waals surface area contributed by atoms with Crippen LogP contribution < -0.4 is 4.74 Å². The third-order valence-corrected chi connectivity index (χ3v) is 3.59. The molecule has 0 heterocycles. The number of ether oxygens (including phenoxy) is 3. The standard InChI is InChI=1S/C19H21ClO4/c1-2-22-11-12-23-13-14-24-18-9-7-16(8-10-18)15-3-5-17(6-4-15)19(20)21/h3-10H,2,11-14H2,1H3. The van der Waals surface area contributed by atoms with E-state index in [9.17, 15) is 4.79 Å². The minimum absolute atomic E-state index is 0.450. The number of carbonyl (C=O) groups excluding carboxylic acids is 1. The molecule has 24 heavy (non-hydrogen) atoms. The molecule has 0 amide bonds. The lowest BCUT2D eigenvalue weighted by Crippen LogP contribution is -2.10. The Morgan fingerprint density at radius 2 is 1.38 bits per heavy atom. The largest absolute Gasteiger partial charge is 0.491 e. The van der Waals surface area contributed by atoms with E-state index < -0.39 is 5.24 Å². The molecule has 0 aliphatic carbocycles. The first-order chi connectivity index (χ1) is 11.7. The summed E-state index contributed by atoms with van der Waals surface area (Å²) < 4.78 is 16.2. The SMILES string of the molecule is CCOCCOCCOc1ccc(-c2ccc(C(=O)Cl)cc2)cc1. The molecule has 2 aromatic carbocycles. The summed E-state index contributed by atoms with van der Waals surface area (Å²) in [7, 11) is 0. The van der Waals surface area contributed by atoms with E-state index in [1.165, 1.54) is 0 Å². The van der Waals surface area contributed by atoms with Gasteiger partial charge >= 0.3 is 0 Å². The van der Waals surface area contributed by atoms with Gasteiger partial charge in [0.25, 0.3) is 5.24 Å². The van der Waals surface area contributed by atoms with Gasteiger partial charge in [-0.05, 0) is 53.9 Å². The first-order valence-corrected chi connectivity index (χ1v) is 8.27.